The molecule has 2 rings (SSSR count). The third-order valence-corrected chi connectivity index (χ3v) is 1.32. The molecule has 4 nitrogen and oxygen atoms in total. The predicted molar refractivity (Wildman–Crippen MR) is 50.5 cm³/mol. The average molecular weight is 193 g/mol. The van der Waals surface area contributed by atoms with Crippen LogP contribution in [0.5, 0.6) is 11.8 Å². The highest BCUT2D eigenvalue weighted by Gasteiger charge is 1.96. The fourth-order valence-corrected chi connectivity index (χ4v) is 0.818. The summed E-state index contributed by atoms with van der Waals surface area (Å²) in [5.74, 6) is 1.07. The van der Waals surface area contributed by atoms with Crippen molar-refractivity contribution in [2.24, 2.45) is 0 Å². The van der Waals surface area contributed by atoms with E-state index in [2.05, 4.69) is 15.2 Å². The Kier molecular flexibility index (Phi) is 3.33. The van der Waals surface area contributed by atoms with Gasteiger partial charge in [0.15, 0.2) is 0 Å². The molecule has 2 heterocycles. The third kappa shape index (κ3) is 2.48. The molecule has 2 aromatic heterocycles. The van der Waals surface area contributed by atoms with Gasteiger partial charge in [-0.15, -0.1) is 5.10 Å². The van der Waals surface area contributed by atoms with Crippen molar-refractivity contribution in [2.75, 3.05) is 0 Å². The fraction of sp³-hybridized carbons (Fsp3) is 0. The number of ether oxygens (including phenoxy) is 1. The van der Waals surface area contributed by atoms with Crippen molar-refractivity contribution in [1.82, 2.24) is 15.2 Å². The van der Waals surface area contributed by atoms with E-state index in [1.165, 1.54) is 0 Å². The maximum Gasteiger partial charge on any atom is 0.239 e. The van der Waals surface area contributed by atoms with Crippen LogP contribution in [0.1, 0.15) is 0 Å². The largest absolute Gasteiger partial charge is 0.419 e. The molecule has 2 aromatic rings. The second kappa shape index (κ2) is 4.51. The van der Waals surface area contributed by atoms with Gasteiger partial charge < -0.3 is 4.74 Å². The van der Waals surface area contributed by atoms with Crippen LogP contribution in [0.3, 0.4) is 0 Å². The number of rotatable bonds is 2. The molecule has 1 N–H and O–H groups in total. The monoisotopic (exact) mass is 193 g/mol. The van der Waals surface area contributed by atoms with Crippen molar-refractivity contribution < 1.29 is 4.74 Å². The first-order valence-electron chi connectivity index (χ1n) is 3.54. The first-order chi connectivity index (χ1) is 5.95. The van der Waals surface area contributed by atoms with E-state index in [4.69, 9.17) is 4.74 Å². The van der Waals surface area contributed by atoms with E-state index in [1.807, 2.05) is 12.1 Å². The number of nitrogens with zero attached hydrogens (tertiary/aromatic N) is 2. The number of hydrogen-bond donors (Lipinski definition) is 1. The van der Waals surface area contributed by atoms with Gasteiger partial charge in [0.1, 0.15) is 0 Å². The van der Waals surface area contributed by atoms with Gasteiger partial charge in [0, 0.05) is 38.0 Å². The van der Waals surface area contributed by atoms with Crippen molar-refractivity contribution >= 4 is 13.5 Å². The highest BCUT2D eigenvalue weighted by molar-refractivity contribution is 7.59. The minimum Gasteiger partial charge on any atom is -0.419 e. The van der Waals surface area contributed by atoms with E-state index in [0.29, 0.717) is 11.8 Å². The Labute approximate surface area is 82.4 Å². The van der Waals surface area contributed by atoms with Crippen LogP contribution < -0.4 is 4.74 Å². The summed E-state index contributed by atoms with van der Waals surface area (Å²) in [6.07, 6.45) is 3.36. The molecule has 0 aromatic carbocycles. The molecule has 2 radical (unpaired) electrons. The summed E-state index contributed by atoms with van der Waals surface area (Å²) >= 11 is 0. The van der Waals surface area contributed by atoms with E-state index < -0.39 is 0 Å². The maximum absolute atomic E-state index is 5.26. The van der Waals surface area contributed by atoms with Crippen LogP contribution in [0.2, 0.25) is 0 Å². The van der Waals surface area contributed by atoms with E-state index in [9.17, 15) is 0 Å². The van der Waals surface area contributed by atoms with Gasteiger partial charge in [-0.2, -0.15) is 0 Å². The zero-order valence-corrected chi connectivity index (χ0v) is 7.49. The second-order valence-corrected chi connectivity index (χ2v) is 2.18. The molecule has 13 heavy (non-hydrogen) atoms. The normalized spacial score (nSPS) is 8.92. The molecule has 0 atom stereocenters. The lowest BCUT2D eigenvalue weighted by atomic mass is 10.5. The lowest BCUT2D eigenvalue weighted by Crippen LogP contribution is -1.86. The summed E-state index contributed by atoms with van der Waals surface area (Å²) in [6.45, 7) is 0. The lowest BCUT2D eigenvalue weighted by molar-refractivity contribution is 0.443. The zero-order valence-electron chi connectivity index (χ0n) is 6.68. The number of H-pyrrole nitrogens is 1. The highest BCUT2D eigenvalue weighted by Crippen LogP contribution is 2.13. The van der Waals surface area contributed by atoms with Gasteiger partial charge in [-0.05, 0) is 6.07 Å². The Balaban J connectivity index is 0.000000845. The van der Waals surface area contributed by atoms with Gasteiger partial charge in [-0.25, -0.2) is 4.98 Å². The third-order valence-electron chi connectivity index (χ3n) is 1.32. The minimum absolute atomic E-state index is 0. The second-order valence-electron chi connectivity index (χ2n) is 2.18. The van der Waals surface area contributed by atoms with Crippen molar-refractivity contribution in [3.63, 3.8) is 0 Å². The number of aromatic nitrogens is 3. The summed E-state index contributed by atoms with van der Waals surface area (Å²) < 4.78 is 5.26. The van der Waals surface area contributed by atoms with Gasteiger partial charge in [0.2, 0.25) is 11.8 Å². The Morgan fingerprint density at radius 1 is 1.15 bits per heavy atom. The van der Waals surface area contributed by atoms with Crippen molar-refractivity contribution in [1.29, 1.82) is 0 Å². The summed E-state index contributed by atoms with van der Waals surface area (Å²) in [4.78, 5) is 3.98. The summed E-state index contributed by atoms with van der Waals surface area (Å²) in [5.41, 5.74) is 0. The molecule has 0 saturated carbocycles. The Morgan fingerprint density at radius 2 is 2.08 bits per heavy atom. The molecular formula is C8H7N3OS. The fourth-order valence-electron chi connectivity index (χ4n) is 0.818. The molecule has 0 aliphatic heterocycles. The van der Waals surface area contributed by atoms with E-state index in [0.717, 1.165) is 0 Å². The summed E-state index contributed by atoms with van der Waals surface area (Å²) in [5, 5.41) is 6.47. The standard InChI is InChI=1S/C8H7N3O.S/c1-2-5-9-7(3-1)12-8-4-6-10-11-8;/h1-6H,(H,10,11);. The Morgan fingerprint density at radius 3 is 2.69 bits per heavy atom. The van der Waals surface area contributed by atoms with Crippen molar-refractivity contribution in [3.8, 4) is 11.8 Å². The smallest absolute Gasteiger partial charge is 0.239 e. The SMILES string of the molecule is [S].c1ccc(Oc2cc[nH]n2)nc1. The van der Waals surface area contributed by atoms with E-state index in [-0.39, 0.29) is 13.5 Å². The van der Waals surface area contributed by atoms with Gasteiger partial charge in [-0.1, -0.05) is 6.07 Å². The number of nitrogens with one attached hydrogen (secondary N) is 1. The van der Waals surface area contributed by atoms with Crippen LogP contribution in [0.4, 0.5) is 0 Å². The molecule has 0 amide bonds. The van der Waals surface area contributed by atoms with E-state index in [1.54, 1.807) is 24.5 Å². The van der Waals surface area contributed by atoms with Gasteiger partial charge in [0.05, 0.1) is 0 Å². The Hall–Kier alpha value is -1.49. The van der Waals surface area contributed by atoms with Crippen LogP contribution in [0, 0.1) is 0 Å². The van der Waals surface area contributed by atoms with Crippen LogP contribution in [-0.2, 0) is 0 Å². The van der Waals surface area contributed by atoms with E-state index >= 15 is 0 Å². The number of pyridine rings is 1. The van der Waals surface area contributed by atoms with Gasteiger partial charge in [0.25, 0.3) is 0 Å². The van der Waals surface area contributed by atoms with Gasteiger partial charge in [-0.3, -0.25) is 5.10 Å². The lowest BCUT2D eigenvalue weighted by Gasteiger charge is -1.97. The Bertz CT molecular complexity index is 336. The molecule has 66 valence electrons. The molecular weight excluding hydrogens is 186 g/mol. The van der Waals surface area contributed by atoms with Crippen molar-refractivity contribution in [2.45, 2.75) is 0 Å². The molecule has 0 aliphatic carbocycles. The summed E-state index contributed by atoms with van der Waals surface area (Å²) in [7, 11) is 0. The zero-order chi connectivity index (χ0) is 8.23. The van der Waals surface area contributed by atoms with Crippen LogP contribution in [0.25, 0.3) is 0 Å². The first kappa shape index (κ1) is 9.60. The molecule has 0 bridgehead atoms. The molecule has 0 saturated heterocycles. The van der Waals surface area contributed by atoms with Crippen LogP contribution in [0.15, 0.2) is 36.7 Å². The van der Waals surface area contributed by atoms with Crippen LogP contribution in [-0.4, -0.2) is 15.2 Å². The van der Waals surface area contributed by atoms with Crippen molar-refractivity contribution in [3.05, 3.63) is 36.7 Å². The predicted octanol–water partition coefficient (Wildman–Crippen LogP) is 2.25. The van der Waals surface area contributed by atoms with Crippen LogP contribution >= 0.6 is 13.5 Å². The molecule has 0 spiro atoms. The minimum atomic E-state index is 0. The topological polar surface area (TPSA) is 50.8 Å². The molecule has 0 unspecified atom stereocenters. The molecule has 0 aliphatic rings. The number of hydrogen-bond acceptors (Lipinski definition) is 3. The quantitative estimate of drug-likeness (QED) is 0.795. The maximum atomic E-state index is 5.26. The highest BCUT2D eigenvalue weighted by atomic mass is 32.1. The average Bonchev–Trinajstić information content (AvgIpc) is 2.59. The first-order valence-corrected chi connectivity index (χ1v) is 3.54. The molecule has 5 heteroatoms. The molecule has 0 fully saturated rings. The van der Waals surface area contributed by atoms with Gasteiger partial charge >= 0.3 is 0 Å². The number of aromatic amines is 1. The summed E-state index contributed by atoms with van der Waals surface area (Å²) in [6, 6.07) is 7.19.